The molecule has 0 amide bonds. The van der Waals surface area contributed by atoms with E-state index in [1.165, 1.54) is 28.4 Å². The summed E-state index contributed by atoms with van der Waals surface area (Å²) < 4.78 is 5.81. The van der Waals surface area contributed by atoms with E-state index in [1.54, 1.807) is 11.3 Å². The Bertz CT molecular complexity index is 532. The molecular weight excluding hydrogens is 300 g/mol. The van der Waals surface area contributed by atoms with Crippen LogP contribution >= 0.6 is 22.7 Å². The van der Waals surface area contributed by atoms with Crippen molar-refractivity contribution < 1.29 is 4.74 Å². The summed E-state index contributed by atoms with van der Waals surface area (Å²) in [6.45, 7) is 6.02. The molecule has 0 saturated carbocycles. The van der Waals surface area contributed by atoms with Crippen molar-refractivity contribution in [1.82, 2.24) is 9.88 Å². The van der Waals surface area contributed by atoms with Gasteiger partial charge < -0.3 is 4.74 Å². The van der Waals surface area contributed by atoms with E-state index in [1.807, 2.05) is 11.3 Å². The lowest BCUT2D eigenvalue weighted by Gasteiger charge is -2.23. The van der Waals surface area contributed by atoms with Crippen LogP contribution < -0.4 is 0 Å². The predicted octanol–water partition coefficient (Wildman–Crippen LogP) is 3.95. The monoisotopic (exact) mass is 322 g/mol. The van der Waals surface area contributed by atoms with Gasteiger partial charge in [-0.3, -0.25) is 4.90 Å². The maximum absolute atomic E-state index is 5.81. The molecule has 2 aromatic heterocycles. The summed E-state index contributed by atoms with van der Waals surface area (Å²) in [5.74, 6) is 0. The summed E-state index contributed by atoms with van der Waals surface area (Å²) in [5.41, 5.74) is 1.20. The summed E-state index contributed by atoms with van der Waals surface area (Å²) in [7, 11) is 0. The van der Waals surface area contributed by atoms with E-state index < -0.39 is 0 Å². The van der Waals surface area contributed by atoms with E-state index >= 15 is 0 Å². The minimum absolute atomic E-state index is 0.397. The van der Waals surface area contributed by atoms with Gasteiger partial charge in [0.25, 0.3) is 0 Å². The highest BCUT2D eigenvalue weighted by molar-refractivity contribution is 7.10. The summed E-state index contributed by atoms with van der Waals surface area (Å²) >= 11 is 3.60. The third-order valence-electron chi connectivity index (χ3n) is 3.73. The van der Waals surface area contributed by atoms with Gasteiger partial charge in [-0.1, -0.05) is 13.0 Å². The Morgan fingerprint density at radius 3 is 3.00 bits per heavy atom. The first-order valence-electron chi connectivity index (χ1n) is 7.63. The second-order valence-electron chi connectivity index (χ2n) is 5.47. The third-order valence-corrected chi connectivity index (χ3v) is 5.64. The highest BCUT2D eigenvalue weighted by Gasteiger charge is 2.20. The van der Waals surface area contributed by atoms with E-state index in [9.17, 15) is 0 Å². The quantitative estimate of drug-likeness (QED) is 0.772. The van der Waals surface area contributed by atoms with E-state index in [0.29, 0.717) is 6.10 Å². The van der Waals surface area contributed by atoms with Crippen LogP contribution in [-0.4, -0.2) is 29.1 Å². The number of rotatable bonds is 7. The van der Waals surface area contributed by atoms with Gasteiger partial charge in [0.1, 0.15) is 0 Å². The summed E-state index contributed by atoms with van der Waals surface area (Å²) in [6.07, 6.45) is 3.82. The molecule has 1 saturated heterocycles. The molecule has 1 atom stereocenters. The molecule has 3 heterocycles. The molecule has 0 aliphatic carbocycles. The molecule has 1 unspecified atom stereocenters. The number of thiazole rings is 1. The molecule has 0 N–H and O–H groups in total. The molecule has 2 aromatic rings. The number of thiophene rings is 1. The number of ether oxygens (including phenoxy) is 1. The molecule has 1 fully saturated rings. The van der Waals surface area contributed by atoms with Crippen LogP contribution in [0.3, 0.4) is 0 Å². The zero-order chi connectivity index (χ0) is 14.5. The van der Waals surface area contributed by atoms with E-state index in [0.717, 1.165) is 32.7 Å². The van der Waals surface area contributed by atoms with Gasteiger partial charge in [0.05, 0.1) is 16.8 Å². The van der Waals surface area contributed by atoms with Crippen molar-refractivity contribution in [3.63, 3.8) is 0 Å². The summed E-state index contributed by atoms with van der Waals surface area (Å²) in [5, 5.41) is 5.59. The van der Waals surface area contributed by atoms with Crippen molar-refractivity contribution >= 4 is 22.7 Å². The topological polar surface area (TPSA) is 25.4 Å². The van der Waals surface area contributed by atoms with Gasteiger partial charge in [-0.05, 0) is 30.7 Å². The number of hydrogen-bond donors (Lipinski definition) is 0. The van der Waals surface area contributed by atoms with E-state index in [4.69, 9.17) is 9.72 Å². The van der Waals surface area contributed by atoms with Crippen LogP contribution in [0.2, 0.25) is 0 Å². The predicted molar refractivity (Wildman–Crippen MR) is 88.9 cm³/mol. The lowest BCUT2D eigenvalue weighted by molar-refractivity contribution is 0.0679. The van der Waals surface area contributed by atoms with Gasteiger partial charge in [0.2, 0.25) is 0 Å². The van der Waals surface area contributed by atoms with Gasteiger partial charge in [-0.25, -0.2) is 4.98 Å². The fourth-order valence-electron chi connectivity index (χ4n) is 2.70. The largest absolute Gasteiger partial charge is 0.377 e. The van der Waals surface area contributed by atoms with Gasteiger partial charge in [0.15, 0.2) is 0 Å². The Kier molecular flexibility index (Phi) is 5.41. The Balaban J connectivity index is 1.64. The molecule has 114 valence electrons. The zero-order valence-corrected chi connectivity index (χ0v) is 14.1. The van der Waals surface area contributed by atoms with Crippen LogP contribution in [0.25, 0.3) is 0 Å². The summed E-state index contributed by atoms with van der Waals surface area (Å²) in [4.78, 5) is 8.61. The van der Waals surface area contributed by atoms with E-state index in [-0.39, 0.29) is 0 Å². The molecular formula is C16H22N2OS2. The standard InChI is InChI=1S/C16H22N2OS2/c1-2-16-17-13(12-21-16)9-18(10-14-5-3-7-19-14)11-15-6-4-8-20-15/h4,6,8,12,14H,2-3,5,7,9-11H2,1H3. The Morgan fingerprint density at radius 2 is 2.33 bits per heavy atom. The van der Waals surface area contributed by atoms with Crippen molar-refractivity contribution in [2.45, 2.75) is 45.4 Å². The smallest absolute Gasteiger partial charge is 0.0926 e. The number of hydrogen-bond acceptors (Lipinski definition) is 5. The fraction of sp³-hybridized carbons (Fsp3) is 0.562. The normalized spacial score (nSPS) is 18.7. The molecule has 3 nitrogen and oxygen atoms in total. The van der Waals surface area contributed by atoms with Crippen LogP contribution in [0.4, 0.5) is 0 Å². The third kappa shape index (κ3) is 4.36. The van der Waals surface area contributed by atoms with Crippen molar-refractivity contribution in [2.24, 2.45) is 0 Å². The van der Waals surface area contributed by atoms with Gasteiger partial charge in [0, 0.05) is 36.5 Å². The highest BCUT2D eigenvalue weighted by Crippen LogP contribution is 2.20. The Morgan fingerprint density at radius 1 is 1.38 bits per heavy atom. The second-order valence-corrected chi connectivity index (χ2v) is 7.45. The van der Waals surface area contributed by atoms with Crippen LogP contribution in [-0.2, 0) is 24.2 Å². The van der Waals surface area contributed by atoms with Crippen molar-refractivity contribution in [1.29, 1.82) is 0 Å². The molecule has 0 aromatic carbocycles. The average Bonchev–Trinajstić information content (AvgIpc) is 3.20. The lowest BCUT2D eigenvalue weighted by Crippen LogP contribution is -2.31. The average molecular weight is 322 g/mol. The maximum atomic E-state index is 5.81. The van der Waals surface area contributed by atoms with Gasteiger partial charge in [-0.2, -0.15) is 0 Å². The summed E-state index contributed by atoms with van der Waals surface area (Å²) in [6, 6.07) is 4.34. The van der Waals surface area contributed by atoms with Crippen molar-refractivity contribution in [3.8, 4) is 0 Å². The van der Waals surface area contributed by atoms with Crippen LogP contribution in [0.5, 0.6) is 0 Å². The molecule has 3 rings (SSSR count). The highest BCUT2D eigenvalue weighted by atomic mass is 32.1. The molecule has 0 radical (unpaired) electrons. The SMILES string of the molecule is CCc1nc(CN(Cc2cccs2)CC2CCCO2)cs1. The maximum Gasteiger partial charge on any atom is 0.0926 e. The zero-order valence-electron chi connectivity index (χ0n) is 12.5. The first-order chi connectivity index (χ1) is 10.3. The second kappa shape index (κ2) is 7.49. The minimum Gasteiger partial charge on any atom is -0.377 e. The van der Waals surface area contributed by atoms with Crippen LogP contribution in [0, 0.1) is 0 Å². The minimum atomic E-state index is 0.397. The first kappa shape index (κ1) is 15.2. The van der Waals surface area contributed by atoms with Gasteiger partial charge in [-0.15, -0.1) is 22.7 Å². The molecule has 1 aliphatic heterocycles. The Labute approximate surface area is 134 Å². The van der Waals surface area contributed by atoms with E-state index in [2.05, 4.69) is 34.7 Å². The first-order valence-corrected chi connectivity index (χ1v) is 9.39. The number of aromatic nitrogens is 1. The van der Waals surface area contributed by atoms with Crippen molar-refractivity contribution in [3.05, 3.63) is 38.5 Å². The molecule has 1 aliphatic rings. The lowest BCUT2D eigenvalue weighted by atomic mass is 10.2. The van der Waals surface area contributed by atoms with Crippen LogP contribution in [0.1, 0.15) is 35.3 Å². The van der Waals surface area contributed by atoms with Crippen molar-refractivity contribution in [2.75, 3.05) is 13.2 Å². The number of aryl methyl sites for hydroxylation is 1. The molecule has 0 bridgehead atoms. The number of nitrogens with zero attached hydrogens (tertiary/aromatic N) is 2. The molecule has 21 heavy (non-hydrogen) atoms. The fourth-order valence-corrected chi connectivity index (χ4v) is 4.18. The molecule has 0 spiro atoms. The molecule has 5 heteroatoms. The van der Waals surface area contributed by atoms with Crippen LogP contribution in [0.15, 0.2) is 22.9 Å². The van der Waals surface area contributed by atoms with Gasteiger partial charge >= 0.3 is 0 Å². The Hall–Kier alpha value is -0.750.